The number of aromatic nitrogens is 2. The minimum absolute atomic E-state index is 0.263. The fraction of sp³-hybridized carbons (Fsp3) is 0.500. The number of halogens is 1. The molecule has 2 aromatic rings. The van der Waals surface area contributed by atoms with Crippen LogP contribution in [0, 0.1) is 0 Å². The molecule has 0 aliphatic heterocycles. The van der Waals surface area contributed by atoms with Crippen LogP contribution in [-0.4, -0.2) is 15.6 Å². The van der Waals surface area contributed by atoms with Crippen molar-refractivity contribution in [3.05, 3.63) is 29.0 Å². The summed E-state index contributed by atoms with van der Waals surface area (Å²) in [4.78, 5) is 4.68. The van der Waals surface area contributed by atoms with Crippen LogP contribution in [0.2, 0.25) is 5.02 Å². The second kappa shape index (κ2) is 5.72. The molecule has 0 radical (unpaired) electrons. The predicted octanol–water partition coefficient (Wildman–Crippen LogP) is 3.38. The van der Waals surface area contributed by atoms with E-state index in [9.17, 15) is 0 Å². The summed E-state index contributed by atoms with van der Waals surface area (Å²) in [7, 11) is 0. The summed E-state index contributed by atoms with van der Waals surface area (Å²) < 4.78 is 2.26. The average molecular weight is 266 g/mol. The molecule has 0 saturated carbocycles. The van der Waals surface area contributed by atoms with Crippen LogP contribution >= 0.6 is 11.6 Å². The van der Waals surface area contributed by atoms with Crippen molar-refractivity contribution in [3.8, 4) is 0 Å². The summed E-state index contributed by atoms with van der Waals surface area (Å²) in [5.41, 5.74) is 7.93. The zero-order valence-corrected chi connectivity index (χ0v) is 11.7. The standard InChI is InChI=1S/C14H20ClN3/c1-3-18-13-8-7-11(15)9-12(13)17-14(18)6-4-5-10(2)16/h7-10H,3-6,16H2,1-2H3. The Kier molecular flexibility index (Phi) is 4.25. The van der Waals surface area contributed by atoms with Crippen LogP contribution in [0.5, 0.6) is 0 Å². The molecule has 1 heterocycles. The first-order valence-corrected chi connectivity index (χ1v) is 6.90. The molecule has 1 unspecified atom stereocenters. The van der Waals surface area contributed by atoms with Gasteiger partial charge >= 0.3 is 0 Å². The molecule has 0 aliphatic carbocycles. The number of imidazole rings is 1. The highest BCUT2D eigenvalue weighted by molar-refractivity contribution is 6.31. The lowest BCUT2D eigenvalue weighted by molar-refractivity contribution is 0.598. The minimum atomic E-state index is 0.263. The molecule has 1 atom stereocenters. The first-order valence-electron chi connectivity index (χ1n) is 6.52. The number of nitrogens with zero attached hydrogens (tertiary/aromatic N) is 2. The Bertz CT molecular complexity index is 531. The molecule has 3 nitrogen and oxygen atoms in total. The highest BCUT2D eigenvalue weighted by atomic mass is 35.5. The number of hydrogen-bond donors (Lipinski definition) is 1. The molecule has 1 aromatic heterocycles. The quantitative estimate of drug-likeness (QED) is 0.901. The number of rotatable bonds is 5. The molecule has 0 spiro atoms. The molecule has 1 aromatic carbocycles. The van der Waals surface area contributed by atoms with Crippen molar-refractivity contribution in [2.24, 2.45) is 5.73 Å². The number of benzene rings is 1. The van der Waals surface area contributed by atoms with Gasteiger partial charge in [-0.15, -0.1) is 0 Å². The van der Waals surface area contributed by atoms with Gasteiger partial charge in [-0.2, -0.15) is 0 Å². The summed E-state index contributed by atoms with van der Waals surface area (Å²) in [6.45, 7) is 5.12. The fourth-order valence-electron chi connectivity index (χ4n) is 2.28. The van der Waals surface area contributed by atoms with Crippen LogP contribution in [0.15, 0.2) is 18.2 Å². The average Bonchev–Trinajstić information content (AvgIpc) is 2.65. The van der Waals surface area contributed by atoms with Crippen molar-refractivity contribution in [1.82, 2.24) is 9.55 Å². The van der Waals surface area contributed by atoms with Gasteiger partial charge in [-0.3, -0.25) is 0 Å². The van der Waals surface area contributed by atoms with Crippen molar-refractivity contribution in [1.29, 1.82) is 0 Å². The second-order valence-electron chi connectivity index (χ2n) is 4.77. The molecule has 18 heavy (non-hydrogen) atoms. The Morgan fingerprint density at radius 3 is 2.89 bits per heavy atom. The summed E-state index contributed by atoms with van der Waals surface area (Å²) in [5, 5.41) is 0.741. The van der Waals surface area contributed by atoms with Gasteiger partial charge in [-0.25, -0.2) is 4.98 Å². The summed E-state index contributed by atoms with van der Waals surface area (Å²) in [5.74, 6) is 1.13. The van der Waals surface area contributed by atoms with Crippen LogP contribution in [0.25, 0.3) is 11.0 Å². The zero-order valence-electron chi connectivity index (χ0n) is 11.0. The van der Waals surface area contributed by atoms with Gasteiger partial charge in [0.15, 0.2) is 0 Å². The number of aryl methyl sites for hydroxylation is 2. The van der Waals surface area contributed by atoms with Gasteiger partial charge in [-0.1, -0.05) is 11.6 Å². The molecule has 0 amide bonds. The maximum absolute atomic E-state index is 6.00. The smallest absolute Gasteiger partial charge is 0.109 e. The Balaban J connectivity index is 2.26. The van der Waals surface area contributed by atoms with Crippen LogP contribution in [-0.2, 0) is 13.0 Å². The zero-order chi connectivity index (χ0) is 13.1. The van der Waals surface area contributed by atoms with Crippen LogP contribution < -0.4 is 5.73 Å². The first-order chi connectivity index (χ1) is 8.61. The Hall–Kier alpha value is -1.06. The van der Waals surface area contributed by atoms with E-state index >= 15 is 0 Å². The van der Waals surface area contributed by atoms with E-state index in [1.54, 1.807) is 0 Å². The van der Waals surface area contributed by atoms with Gasteiger partial charge in [0.25, 0.3) is 0 Å². The van der Waals surface area contributed by atoms with E-state index in [4.69, 9.17) is 17.3 Å². The summed E-state index contributed by atoms with van der Waals surface area (Å²) in [6, 6.07) is 6.16. The molecular formula is C14H20ClN3. The maximum atomic E-state index is 6.00. The Morgan fingerprint density at radius 1 is 1.44 bits per heavy atom. The van der Waals surface area contributed by atoms with Crippen LogP contribution in [0.1, 0.15) is 32.5 Å². The lowest BCUT2D eigenvalue weighted by Gasteiger charge is -2.07. The summed E-state index contributed by atoms with van der Waals surface area (Å²) in [6.07, 6.45) is 3.09. The van der Waals surface area contributed by atoms with E-state index in [2.05, 4.69) is 16.5 Å². The molecule has 0 saturated heterocycles. The minimum Gasteiger partial charge on any atom is -0.328 e. The molecule has 2 N–H and O–H groups in total. The van der Waals surface area contributed by atoms with Crippen molar-refractivity contribution in [2.45, 2.75) is 45.7 Å². The maximum Gasteiger partial charge on any atom is 0.109 e. The van der Waals surface area contributed by atoms with Crippen molar-refractivity contribution in [2.75, 3.05) is 0 Å². The van der Waals surface area contributed by atoms with Gasteiger partial charge in [0.2, 0.25) is 0 Å². The monoisotopic (exact) mass is 265 g/mol. The third-order valence-electron chi connectivity index (χ3n) is 3.17. The molecule has 0 fully saturated rings. The van der Waals surface area contributed by atoms with Gasteiger partial charge < -0.3 is 10.3 Å². The second-order valence-corrected chi connectivity index (χ2v) is 5.21. The molecule has 98 valence electrons. The SMILES string of the molecule is CCn1c(CCCC(C)N)nc2cc(Cl)ccc21. The molecule has 4 heteroatoms. The van der Waals surface area contributed by atoms with Crippen LogP contribution in [0.4, 0.5) is 0 Å². The Labute approximate surface area is 113 Å². The Morgan fingerprint density at radius 2 is 2.22 bits per heavy atom. The molecular weight excluding hydrogens is 246 g/mol. The number of hydrogen-bond acceptors (Lipinski definition) is 2. The van der Waals surface area contributed by atoms with Crippen LogP contribution in [0.3, 0.4) is 0 Å². The molecule has 0 bridgehead atoms. The predicted molar refractivity (Wildman–Crippen MR) is 77.0 cm³/mol. The van der Waals surface area contributed by atoms with Crippen molar-refractivity contribution < 1.29 is 0 Å². The topological polar surface area (TPSA) is 43.8 Å². The lowest BCUT2D eigenvalue weighted by Crippen LogP contribution is -2.15. The van der Waals surface area contributed by atoms with Gasteiger partial charge in [0.1, 0.15) is 5.82 Å². The van der Waals surface area contributed by atoms with E-state index in [0.717, 1.165) is 47.7 Å². The first kappa shape index (κ1) is 13.4. The summed E-state index contributed by atoms with van der Waals surface area (Å²) >= 11 is 6.00. The highest BCUT2D eigenvalue weighted by Gasteiger charge is 2.09. The van der Waals surface area contributed by atoms with Gasteiger partial charge in [-0.05, 0) is 44.9 Å². The molecule has 2 rings (SSSR count). The van der Waals surface area contributed by atoms with E-state index < -0.39 is 0 Å². The van der Waals surface area contributed by atoms with E-state index in [0.29, 0.717) is 0 Å². The largest absolute Gasteiger partial charge is 0.328 e. The van der Waals surface area contributed by atoms with E-state index in [1.807, 2.05) is 25.1 Å². The third-order valence-corrected chi connectivity index (χ3v) is 3.40. The third kappa shape index (κ3) is 2.85. The van der Waals surface area contributed by atoms with Crippen molar-refractivity contribution >= 4 is 22.6 Å². The number of nitrogens with two attached hydrogens (primary N) is 1. The lowest BCUT2D eigenvalue weighted by atomic mass is 10.1. The normalized spacial score (nSPS) is 13.1. The highest BCUT2D eigenvalue weighted by Crippen LogP contribution is 2.21. The van der Waals surface area contributed by atoms with Gasteiger partial charge in [0, 0.05) is 24.0 Å². The van der Waals surface area contributed by atoms with Crippen molar-refractivity contribution in [3.63, 3.8) is 0 Å². The number of fused-ring (bicyclic) bond motifs is 1. The van der Waals surface area contributed by atoms with E-state index in [-0.39, 0.29) is 6.04 Å². The van der Waals surface area contributed by atoms with Gasteiger partial charge in [0.05, 0.1) is 11.0 Å². The molecule has 0 aliphatic rings. The van der Waals surface area contributed by atoms with E-state index in [1.165, 1.54) is 0 Å². The fourth-order valence-corrected chi connectivity index (χ4v) is 2.45.